The van der Waals surface area contributed by atoms with E-state index in [-0.39, 0.29) is 26.8 Å². The molecule has 3 aromatic rings. The summed E-state index contributed by atoms with van der Waals surface area (Å²) in [5.74, 6) is 1.53. The number of ether oxygens (including phenoxy) is 1. The summed E-state index contributed by atoms with van der Waals surface area (Å²) in [5.41, 5.74) is 1.27. The van der Waals surface area contributed by atoms with Gasteiger partial charge in [-0.1, -0.05) is 52.3 Å². The molecule has 1 saturated carbocycles. The SMILES string of the molecule is Cc1ccc(S(=O)(=O)NC(=O)c2ccc(-n3ccc(OCC4C(C)(C)C4(C)C)n3)nc2N2C[C@@H](C)CC2(C)C)cc1. The Balaban J connectivity index is 1.44. The van der Waals surface area contributed by atoms with Gasteiger partial charge in [0.2, 0.25) is 5.88 Å². The van der Waals surface area contributed by atoms with Gasteiger partial charge in [-0.2, -0.15) is 0 Å². The van der Waals surface area contributed by atoms with Crippen molar-refractivity contribution < 1.29 is 17.9 Å². The summed E-state index contributed by atoms with van der Waals surface area (Å²) in [6, 6.07) is 11.5. The van der Waals surface area contributed by atoms with Crippen molar-refractivity contribution in [1.82, 2.24) is 19.5 Å². The molecule has 41 heavy (non-hydrogen) atoms. The molecule has 1 saturated heterocycles. The summed E-state index contributed by atoms with van der Waals surface area (Å²) >= 11 is 0. The molecule has 1 aliphatic heterocycles. The van der Waals surface area contributed by atoms with E-state index in [0.29, 0.717) is 42.5 Å². The molecule has 2 fully saturated rings. The van der Waals surface area contributed by atoms with Gasteiger partial charge < -0.3 is 9.64 Å². The van der Waals surface area contributed by atoms with Crippen LogP contribution >= 0.6 is 0 Å². The number of pyridine rings is 1. The van der Waals surface area contributed by atoms with Gasteiger partial charge in [-0.3, -0.25) is 4.79 Å². The molecule has 1 aromatic carbocycles. The van der Waals surface area contributed by atoms with Crippen LogP contribution in [0.3, 0.4) is 0 Å². The Morgan fingerprint density at radius 2 is 1.68 bits per heavy atom. The van der Waals surface area contributed by atoms with E-state index in [2.05, 4.69) is 63.2 Å². The minimum absolute atomic E-state index is 0.0275. The number of anilines is 1. The van der Waals surface area contributed by atoms with Crippen LogP contribution in [0.5, 0.6) is 5.88 Å². The number of aryl methyl sites for hydroxylation is 1. The smallest absolute Gasteiger partial charge is 0.268 e. The van der Waals surface area contributed by atoms with E-state index in [1.165, 1.54) is 12.1 Å². The number of carbonyl (C=O) groups is 1. The zero-order valence-corrected chi connectivity index (χ0v) is 26.0. The molecule has 0 bridgehead atoms. The fraction of sp³-hybridized carbons (Fsp3) is 0.516. The number of nitrogens with one attached hydrogen (secondary N) is 1. The van der Waals surface area contributed by atoms with Crippen LogP contribution in [0.25, 0.3) is 5.82 Å². The molecule has 0 spiro atoms. The van der Waals surface area contributed by atoms with Crippen LogP contribution in [-0.4, -0.2) is 47.8 Å². The molecule has 1 aliphatic carbocycles. The van der Waals surface area contributed by atoms with E-state index in [4.69, 9.17) is 9.72 Å². The van der Waals surface area contributed by atoms with Crippen molar-refractivity contribution in [2.24, 2.45) is 22.7 Å². The molecule has 3 heterocycles. The lowest BCUT2D eigenvalue weighted by molar-refractivity contribution is 0.0981. The molecule has 1 N–H and O–H groups in total. The molecule has 1 amide bonds. The van der Waals surface area contributed by atoms with Gasteiger partial charge in [0, 0.05) is 30.3 Å². The third-order valence-corrected chi connectivity index (χ3v) is 10.9. The second-order valence-electron chi connectivity index (χ2n) is 13.4. The Bertz CT molecular complexity index is 1560. The first kappa shape index (κ1) is 29.1. The van der Waals surface area contributed by atoms with Crippen molar-refractivity contribution in [2.75, 3.05) is 18.1 Å². The van der Waals surface area contributed by atoms with Crippen molar-refractivity contribution in [2.45, 2.75) is 72.2 Å². The first-order valence-electron chi connectivity index (χ1n) is 14.1. The summed E-state index contributed by atoms with van der Waals surface area (Å²) in [5, 5.41) is 4.59. The van der Waals surface area contributed by atoms with Gasteiger partial charge in [-0.05, 0) is 68.2 Å². The maximum atomic E-state index is 13.5. The Morgan fingerprint density at radius 3 is 2.27 bits per heavy atom. The highest BCUT2D eigenvalue weighted by Crippen LogP contribution is 2.68. The van der Waals surface area contributed by atoms with Crippen LogP contribution in [0, 0.1) is 29.6 Å². The normalized spacial score (nSPS) is 21.1. The zero-order chi connectivity index (χ0) is 30.0. The molecule has 0 radical (unpaired) electrons. The van der Waals surface area contributed by atoms with Crippen molar-refractivity contribution in [1.29, 1.82) is 0 Å². The van der Waals surface area contributed by atoms with Crippen LogP contribution in [0.15, 0.2) is 53.6 Å². The highest BCUT2D eigenvalue weighted by atomic mass is 32.2. The Hall–Kier alpha value is -3.40. The zero-order valence-electron chi connectivity index (χ0n) is 25.2. The lowest BCUT2D eigenvalue weighted by Crippen LogP contribution is -2.41. The van der Waals surface area contributed by atoms with E-state index in [1.807, 2.05) is 6.92 Å². The second kappa shape index (κ2) is 9.86. The van der Waals surface area contributed by atoms with Gasteiger partial charge in [0.1, 0.15) is 5.82 Å². The van der Waals surface area contributed by atoms with Crippen molar-refractivity contribution >= 4 is 21.7 Å². The molecule has 9 nitrogen and oxygen atoms in total. The summed E-state index contributed by atoms with van der Waals surface area (Å²) in [6.07, 6.45) is 2.69. The van der Waals surface area contributed by atoms with Gasteiger partial charge >= 0.3 is 0 Å². The van der Waals surface area contributed by atoms with E-state index in [1.54, 1.807) is 41.2 Å². The molecule has 220 valence electrons. The number of hydrogen-bond donors (Lipinski definition) is 1. The molecule has 2 aliphatic rings. The quantitative estimate of drug-likeness (QED) is 0.382. The topological polar surface area (TPSA) is 106 Å². The number of aromatic nitrogens is 3. The number of amides is 1. The number of rotatable bonds is 8. The second-order valence-corrected chi connectivity index (χ2v) is 15.1. The molecule has 1 atom stereocenters. The standard InChI is InChI=1S/C31H41N5O4S/c1-20-9-11-22(12-10-20)41(38,39)34-28(37)23-13-14-25(32-27(23)35-18-21(2)17-29(35,3)4)36-16-15-26(33-36)40-19-24-30(5,6)31(24,7)8/h9-16,21,24H,17-19H2,1-8H3,(H,34,37)/t21-/m0/s1. The average molecular weight is 580 g/mol. The number of nitrogens with zero attached hydrogens (tertiary/aromatic N) is 4. The number of benzene rings is 1. The third kappa shape index (κ3) is 5.34. The Kier molecular flexibility index (Phi) is 7.00. The number of hydrogen-bond acceptors (Lipinski definition) is 7. The first-order valence-corrected chi connectivity index (χ1v) is 15.6. The fourth-order valence-electron chi connectivity index (χ4n) is 6.29. The summed E-state index contributed by atoms with van der Waals surface area (Å²) < 4.78 is 36.0. The molecule has 0 unspecified atom stereocenters. The van der Waals surface area contributed by atoms with Crippen molar-refractivity contribution in [3.63, 3.8) is 0 Å². The van der Waals surface area contributed by atoms with Gasteiger partial charge in [-0.15, -0.1) is 5.10 Å². The Labute approximate surface area is 243 Å². The summed E-state index contributed by atoms with van der Waals surface area (Å²) in [4.78, 5) is 20.5. The first-order chi connectivity index (χ1) is 19.0. The molecule has 5 rings (SSSR count). The van der Waals surface area contributed by atoms with Crippen LogP contribution < -0.4 is 14.4 Å². The van der Waals surface area contributed by atoms with E-state index < -0.39 is 15.9 Å². The molecular formula is C31H41N5O4S. The van der Waals surface area contributed by atoms with E-state index in [0.717, 1.165) is 12.0 Å². The average Bonchev–Trinajstić information content (AvgIpc) is 3.26. The minimum atomic E-state index is -4.07. The molecular weight excluding hydrogens is 538 g/mol. The number of carbonyl (C=O) groups excluding carboxylic acids is 1. The molecule has 10 heteroatoms. The van der Waals surface area contributed by atoms with Crippen molar-refractivity contribution in [3.05, 3.63) is 59.8 Å². The lowest BCUT2D eigenvalue weighted by atomic mass is 9.97. The van der Waals surface area contributed by atoms with Crippen LogP contribution in [-0.2, 0) is 10.0 Å². The van der Waals surface area contributed by atoms with E-state index in [9.17, 15) is 13.2 Å². The predicted octanol–water partition coefficient (Wildman–Crippen LogP) is 5.38. The minimum Gasteiger partial charge on any atom is -0.476 e. The third-order valence-electron chi connectivity index (χ3n) is 9.51. The van der Waals surface area contributed by atoms with Crippen LogP contribution in [0.2, 0.25) is 0 Å². The van der Waals surface area contributed by atoms with Crippen LogP contribution in [0.1, 0.15) is 70.8 Å². The lowest BCUT2D eigenvalue weighted by Gasteiger charge is -2.34. The maximum absolute atomic E-state index is 13.5. The number of sulfonamides is 1. The summed E-state index contributed by atoms with van der Waals surface area (Å²) in [6.45, 7) is 18.6. The van der Waals surface area contributed by atoms with Crippen molar-refractivity contribution in [3.8, 4) is 11.7 Å². The van der Waals surface area contributed by atoms with Gasteiger partial charge in [0.05, 0.1) is 17.1 Å². The van der Waals surface area contributed by atoms with Gasteiger partial charge in [0.25, 0.3) is 15.9 Å². The largest absolute Gasteiger partial charge is 0.476 e. The summed E-state index contributed by atoms with van der Waals surface area (Å²) in [7, 11) is -4.07. The highest BCUT2D eigenvalue weighted by molar-refractivity contribution is 7.90. The van der Waals surface area contributed by atoms with Gasteiger partial charge in [0.15, 0.2) is 5.82 Å². The fourth-order valence-corrected chi connectivity index (χ4v) is 7.26. The monoisotopic (exact) mass is 579 g/mol. The highest BCUT2D eigenvalue weighted by Gasteiger charge is 2.64. The predicted molar refractivity (Wildman–Crippen MR) is 159 cm³/mol. The van der Waals surface area contributed by atoms with Crippen LogP contribution in [0.4, 0.5) is 5.82 Å². The maximum Gasteiger partial charge on any atom is 0.268 e. The Morgan fingerprint density at radius 1 is 1.02 bits per heavy atom. The van der Waals surface area contributed by atoms with Gasteiger partial charge in [-0.25, -0.2) is 22.8 Å². The molecule has 2 aromatic heterocycles. The van der Waals surface area contributed by atoms with E-state index >= 15 is 0 Å².